The molecule has 9 heavy (non-hydrogen) atoms. The van der Waals surface area contributed by atoms with Crippen molar-refractivity contribution in [3.05, 3.63) is 24.4 Å². The van der Waals surface area contributed by atoms with Gasteiger partial charge in [0.05, 0.1) is 5.70 Å². The van der Waals surface area contributed by atoms with Gasteiger partial charge in [-0.2, -0.15) is 0 Å². The van der Waals surface area contributed by atoms with Gasteiger partial charge in [-0.3, -0.25) is 9.59 Å². The molecule has 0 unspecified atom stereocenters. The van der Waals surface area contributed by atoms with Crippen molar-refractivity contribution in [3.8, 4) is 0 Å². The Morgan fingerprint density at radius 1 is 1.44 bits per heavy atom. The second-order valence-corrected chi connectivity index (χ2v) is 1.24. The summed E-state index contributed by atoms with van der Waals surface area (Å²) >= 11 is 0. The molecule has 0 spiro atoms. The lowest BCUT2D eigenvalue weighted by molar-refractivity contribution is -0.111. The molecular weight excluding hydrogens is 118 g/mol. The molecule has 0 aliphatic carbocycles. The smallest absolute Gasteiger partial charge is 0.211 e. The molecule has 0 rings (SSSR count). The van der Waals surface area contributed by atoms with Gasteiger partial charge in [-0.05, 0) is 6.08 Å². The number of hydrogen-bond donors (Lipinski definition) is 1. The first-order valence-corrected chi connectivity index (χ1v) is 2.33. The third-order valence-corrected chi connectivity index (χ3v) is 0.650. The Labute approximate surface area is 53.1 Å². The lowest BCUT2D eigenvalue weighted by Crippen LogP contribution is -2.10. The molecule has 0 saturated carbocycles. The minimum absolute atomic E-state index is 0.208. The van der Waals surface area contributed by atoms with Gasteiger partial charge in [0, 0.05) is 0 Å². The van der Waals surface area contributed by atoms with Gasteiger partial charge in [-0.25, -0.2) is 0 Å². The normalized spacial score (nSPS) is 10.0. The lowest BCUT2D eigenvalue weighted by atomic mass is 10.4. The highest BCUT2D eigenvalue weighted by Crippen LogP contribution is 1.79. The molecule has 48 valence electrons. The summed E-state index contributed by atoms with van der Waals surface area (Å²) in [4.78, 5) is 19.7. The SMILES string of the molecule is C=C/C=C(/C=O)NC=O. The zero-order valence-electron chi connectivity index (χ0n) is 4.83. The molecule has 0 heterocycles. The number of nitrogens with one attached hydrogen (secondary N) is 1. The van der Waals surface area contributed by atoms with Gasteiger partial charge in [0.2, 0.25) is 6.41 Å². The summed E-state index contributed by atoms with van der Waals surface area (Å²) < 4.78 is 0. The molecule has 0 fully saturated rings. The summed E-state index contributed by atoms with van der Waals surface area (Å²) in [7, 11) is 0. The van der Waals surface area contributed by atoms with Gasteiger partial charge in [0.15, 0.2) is 6.29 Å². The van der Waals surface area contributed by atoms with E-state index in [0.717, 1.165) is 0 Å². The summed E-state index contributed by atoms with van der Waals surface area (Å²) in [6, 6.07) is 0. The lowest BCUT2D eigenvalue weighted by Gasteiger charge is -1.89. The van der Waals surface area contributed by atoms with E-state index in [1.54, 1.807) is 0 Å². The van der Waals surface area contributed by atoms with Crippen LogP contribution in [0.15, 0.2) is 24.4 Å². The standard InChI is InChI=1S/C6H7NO2/c1-2-3-6(4-8)7-5-9/h2-5H,1H2,(H,7,9)/b6-3-. The predicted molar refractivity (Wildman–Crippen MR) is 33.5 cm³/mol. The van der Waals surface area contributed by atoms with Crippen LogP contribution in [0.25, 0.3) is 0 Å². The van der Waals surface area contributed by atoms with Crippen LogP contribution in [0.1, 0.15) is 0 Å². The Morgan fingerprint density at radius 3 is 2.44 bits per heavy atom. The molecule has 0 saturated heterocycles. The van der Waals surface area contributed by atoms with E-state index in [2.05, 4.69) is 11.9 Å². The largest absolute Gasteiger partial charge is 0.326 e. The second kappa shape index (κ2) is 4.77. The molecular formula is C6H7NO2. The van der Waals surface area contributed by atoms with Crippen LogP contribution in [0.2, 0.25) is 0 Å². The van der Waals surface area contributed by atoms with Gasteiger partial charge in [0.25, 0.3) is 0 Å². The number of amides is 1. The van der Waals surface area contributed by atoms with Gasteiger partial charge < -0.3 is 5.32 Å². The van der Waals surface area contributed by atoms with E-state index in [9.17, 15) is 9.59 Å². The summed E-state index contributed by atoms with van der Waals surface area (Å²) in [5.74, 6) is 0. The van der Waals surface area contributed by atoms with E-state index in [1.165, 1.54) is 12.2 Å². The highest BCUT2D eigenvalue weighted by molar-refractivity contribution is 5.77. The fourth-order valence-corrected chi connectivity index (χ4v) is 0.316. The summed E-state index contributed by atoms with van der Waals surface area (Å²) in [5.41, 5.74) is 0.208. The summed E-state index contributed by atoms with van der Waals surface area (Å²) in [6.07, 6.45) is 3.79. The van der Waals surface area contributed by atoms with E-state index in [4.69, 9.17) is 0 Å². The summed E-state index contributed by atoms with van der Waals surface area (Å²) in [6.45, 7) is 3.34. The van der Waals surface area contributed by atoms with Crippen molar-refractivity contribution in [1.82, 2.24) is 5.32 Å². The first-order chi connectivity index (χ1) is 4.35. The number of carbonyl (C=O) groups excluding carboxylic acids is 2. The number of hydrogen-bond acceptors (Lipinski definition) is 2. The Hall–Kier alpha value is -1.38. The Balaban J connectivity index is 3.95. The van der Waals surface area contributed by atoms with Crippen molar-refractivity contribution >= 4 is 12.7 Å². The van der Waals surface area contributed by atoms with Crippen LogP contribution in [0, 0.1) is 0 Å². The second-order valence-electron chi connectivity index (χ2n) is 1.24. The molecule has 0 aromatic carbocycles. The number of carbonyl (C=O) groups is 2. The fraction of sp³-hybridized carbons (Fsp3) is 0. The monoisotopic (exact) mass is 125 g/mol. The van der Waals surface area contributed by atoms with Gasteiger partial charge in [-0.1, -0.05) is 12.7 Å². The van der Waals surface area contributed by atoms with E-state index < -0.39 is 0 Å². The van der Waals surface area contributed by atoms with E-state index in [-0.39, 0.29) is 5.70 Å². The number of allylic oxidation sites excluding steroid dienone is 3. The van der Waals surface area contributed by atoms with Crippen LogP contribution in [0.3, 0.4) is 0 Å². The minimum atomic E-state index is 0.208. The van der Waals surface area contributed by atoms with E-state index >= 15 is 0 Å². The topological polar surface area (TPSA) is 46.2 Å². The van der Waals surface area contributed by atoms with Crippen molar-refractivity contribution in [2.45, 2.75) is 0 Å². The average molecular weight is 125 g/mol. The van der Waals surface area contributed by atoms with Crippen LogP contribution in [0.4, 0.5) is 0 Å². The maximum atomic E-state index is 9.95. The molecule has 0 aromatic rings. The van der Waals surface area contributed by atoms with Crippen molar-refractivity contribution < 1.29 is 9.59 Å². The van der Waals surface area contributed by atoms with Crippen molar-refractivity contribution in [2.75, 3.05) is 0 Å². The highest BCUT2D eigenvalue weighted by Gasteiger charge is 1.85. The van der Waals surface area contributed by atoms with Crippen LogP contribution >= 0.6 is 0 Å². The molecule has 0 radical (unpaired) electrons. The molecule has 0 aliphatic heterocycles. The van der Waals surface area contributed by atoms with Gasteiger partial charge in [0.1, 0.15) is 0 Å². The van der Waals surface area contributed by atoms with Crippen LogP contribution in [0.5, 0.6) is 0 Å². The maximum absolute atomic E-state index is 9.95. The number of rotatable bonds is 4. The quantitative estimate of drug-likeness (QED) is 0.326. The molecule has 1 amide bonds. The van der Waals surface area contributed by atoms with Crippen LogP contribution < -0.4 is 5.32 Å². The Bertz CT molecular complexity index is 149. The average Bonchev–Trinajstić information content (AvgIpc) is 1.88. The third kappa shape index (κ3) is 3.22. The molecule has 1 N–H and O–H groups in total. The van der Waals surface area contributed by atoms with Crippen LogP contribution in [-0.2, 0) is 9.59 Å². The molecule has 3 nitrogen and oxygen atoms in total. The maximum Gasteiger partial charge on any atom is 0.211 e. The zero-order chi connectivity index (χ0) is 7.11. The molecule has 0 atom stereocenters. The van der Waals surface area contributed by atoms with Gasteiger partial charge in [-0.15, -0.1) is 0 Å². The minimum Gasteiger partial charge on any atom is -0.326 e. The third-order valence-electron chi connectivity index (χ3n) is 0.650. The summed E-state index contributed by atoms with van der Waals surface area (Å²) in [5, 5.41) is 2.17. The Kier molecular flexibility index (Phi) is 4.04. The van der Waals surface area contributed by atoms with E-state index in [1.807, 2.05) is 0 Å². The van der Waals surface area contributed by atoms with Crippen molar-refractivity contribution in [2.24, 2.45) is 0 Å². The molecule has 0 aliphatic rings. The highest BCUT2D eigenvalue weighted by atomic mass is 16.1. The zero-order valence-corrected chi connectivity index (χ0v) is 4.83. The Morgan fingerprint density at radius 2 is 2.11 bits per heavy atom. The van der Waals surface area contributed by atoms with E-state index in [0.29, 0.717) is 12.7 Å². The molecule has 3 heteroatoms. The van der Waals surface area contributed by atoms with Crippen molar-refractivity contribution in [3.63, 3.8) is 0 Å². The predicted octanol–water partition coefficient (Wildman–Crippen LogP) is 0.00120. The van der Waals surface area contributed by atoms with Crippen molar-refractivity contribution in [1.29, 1.82) is 0 Å². The van der Waals surface area contributed by atoms with Gasteiger partial charge >= 0.3 is 0 Å². The number of aldehydes is 1. The first-order valence-electron chi connectivity index (χ1n) is 2.33. The fourth-order valence-electron chi connectivity index (χ4n) is 0.316. The molecule has 0 bridgehead atoms. The molecule has 0 aromatic heterocycles. The first kappa shape index (κ1) is 7.62. The van der Waals surface area contributed by atoms with Crippen LogP contribution in [-0.4, -0.2) is 12.7 Å².